The maximum atomic E-state index is 7.17. The van der Waals surface area contributed by atoms with E-state index in [2.05, 4.69) is 206 Å². The van der Waals surface area contributed by atoms with Gasteiger partial charge in [0, 0.05) is 27.8 Å². The Balaban J connectivity index is 1.14. The van der Waals surface area contributed by atoms with Gasteiger partial charge >= 0.3 is 0 Å². The van der Waals surface area contributed by atoms with Gasteiger partial charge in [-0.25, -0.2) is 4.98 Å². The number of hydrogen-bond acceptors (Lipinski definition) is 2. The topological polar surface area (TPSA) is 27.1 Å². The summed E-state index contributed by atoms with van der Waals surface area (Å²) in [6, 6.07) is 65.0. The number of nitrogens with zero attached hydrogens (tertiary/aromatic N) is 2. The van der Waals surface area contributed by atoms with Crippen molar-refractivity contribution in [3.8, 4) is 73.1 Å². The van der Waals surface area contributed by atoms with Crippen molar-refractivity contribution in [2.75, 3.05) is 0 Å². The second-order valence-corrected chi connectivity index (χ2v) is 15.6. The van der Waals surface area contributed by atoms with E-state index in [4.69, 9.17) is 9.72 Å². The molecule has 1 aliphatic heterocycles. The molecule has 0 saturated heterocycles. The number of aromatic nitrogens is 2. The van der Waals surface area contributed by atoms with Gasteiger partial charge in [0.05, 0.1) is 11.0 Å². The quantitative estimate of drug-likeness (QED) is 0.181. The van der Waals surface area contributed by atoms with Crippen molar-refractivity contribution in [1.82, 2.24) is 9.55 Å². The third-order valence-corrected chi connectivity index (χ3v) is 11.9. The summed E-state index contributed by atoms with van der Waals surface area (Å²) in [4.78, 5) is 5.28. The van der Waals surface area contributed by atoms with Gasteiger partial charge in [-0.2, -0.15) is 0 Å². The largest absolute Gasteiger partial charge is 0.456 e. The van der Waals surface area contributed by atoms with Crippen LogP contribution in [0.5, 0.6) is 11.5 Å². The lowest BCUT2D eigenvalue weighted by Gasteiger charge is -2.23. The van der Waals surface area contributed by atoms with Gasteiger partial charge in [-0.1, -0.05) is 159 Å². The summed E-state index contributed by atoms with van der Waals surface area (Å²) in [5.41, 5.74) is 18.0. The average molecular weight is 731 g/mol. The van der Waals surface area contributed by atoms with E-state index in [9.17, 15) is 0 Å². The van der Waals surface area contributed by atoms with Crippen molar-refractivity contribution in [2.45, 2.75) is 19.3 Å². The van der Waals surface area contributed by atoms with Crippen LogP contribution in [0.25, 0.3) is 84.8 Å². The molecule has 1 aromatic heterocycles. The predicted molar refractivity (Wildman–Crippen MR) is 236 cm³/mol. The maximum absolute atomic E-state index is 7.17. The second kappa shape index (κ2) is 12.9. The second-order valence-electron chi connectivity index (χ2n) is 15.6. The monoisotopic (exact) mass is 730 g/mol. The lowest BCUT2D eigenvalue weighted by atomic mass is 9.81. The Morgan fingerprint density at radius 3 is 1.91 bits per heavy atom. The van der Waals surface area contributed by atoms with E-state index in [-0.39, 0.29) is 5.41 Å². The minimum absolute atomic E-state index is 0.176. The summed E-state index contributed by atoms with van der Waals surface area (Å²) in [6.07, 6.45) is 4.51. The first-order valence-corrected chi connectivity index (χ1v) is 19.6. The van der Waals surface area contributed by atoms with Gasteiger partial charge in [0.25, 0.3) is 0 Å². The molecular weight excluding hydrogens is 693 g/mol. The lowest BCUT2D eigenvalue weighted by molar-refractivity contribution is 0.484. The first kappa shape index (κ1) is 33.1. The van der Waals surface area contributed by atoms with Crippen LogP contribution >= 0.6 is 0 Å². The zero-order chi connectivity index (χ0) is 38.1. The summed E-state index contributed by atoms with van der Waals surface area (Å²) < 4.78 is 9.43. The first-order valence-electron chi connectivity index (χ1n) is 19.6. The normalized spacial score (nSPS) is 13.9. The van der Waals surface area contributed by atoms with Crippen LogP contribution in [-0.2, 0) is 5.41 Å². The molecule has 9 aromatic rings. The molecule has 0 spiro atoms. The van der Waals surface area contributed by atoms with Crippen LogP contribution in [0.1, 0.15) is 36.1 Å². The highest BCUT2D eigenvalue weighted by Gasteiger charge is 2.37. The Labute approximate surface area is 332 Å². The third kappa shape index (κ3) is 5.38. The Morgan fingerprint density at radius 2 is 1.09 bits per heavy atom. The number of benzene rings is 8. The van der Waals surface area contributed by atoms with Crippen LogP contribution in [0.4, 0.5) is 0 Å². The highest BCUT2D eigenvalue weighted by molar-refractivity contribution is 5.95. The molecule has 57 heavy (non-hydrogen) atoms. The molecular formula is C54H38N2O. The van der Waals surface area contributed by atoms with Crippen LogP contribution in [0.3, 0.4) is 0 Å². The fourth-order valence-corrected chi connectivity index (χ4v) is 8.98. The van der Waals surface area contributed by atoms with Crippen LogP contribution in [0, 0.1) is 0 Å². The maximum Gasteiger partial charge on any atom is 0.145 e. The molecule has 0 radical (unpaired) electrons. The molecule has 0 N–H and O–H groups in total. The number of ether oxygens (including phenoxy) is 1. The molecule has 11 rings (SSSR count). The fourth-order valence-electron chi connectivity index (χ4n) is 8.98. The van der Waals surface area contributed by atoms with E-state index in [0.29, 0.717) is 0 Å². The molecule has 0 saturated carbocycles. The summed E-state index contributed by atoms with van der Waals surface area (Å²) in [7, 11) is 0. The van der Waals surface area contributed by atoms with Crippen molar-refractivity contribution >= 4 is 23.2 Å². The van der Waals surface area contributed by atoms with Gasteiger partial charge in [0.15, 0.2) is 0 Å². The van der Waals surface area contributed by atoms with Gasteiger partial charge < -0.3 is 4.74 Å². The first-order chi connectivity index (χ1) is 28.0. The van der Waals surface area contributed by atoms with Crippen LogP contribution < -0.4 is 4.74 Å². The van der Waals surface area contributed by atoms with Crippen LogP contribution in [0.2, 0.25) is 0 Å². The Bertz CT molecular complexity index is 3060. The van der Waals surface area contributed by atoms with Crippen LogP contribution in [-0.4, -0.2) is 9.55 Å². The summed E-state index contributed by atoms with van der Waals surface area (Å²) in [5.74, 6) is 2.60. The SMILES string of the molecule is CC1(C)c2ccccc2-c2cc3c(cc21)Oc1ccccc1-c1ccccc1/C=C\c1ccc(-c2ccc4c(c2)nc(-c2ccccc2)n4-c2ccccc2)cc1-3. The number of imidazole rings is 1. The fraction of sp³-hybridized carbons (Fsp3) is 0.0556. The molecule has 3 heteroatoms. The van der Waals surface area contributed by atoms with E-state index in [0.717, 1.165) is 84.1 Å². The predicted octanol–water partition coefficient (Wildman–Crippen LogP) is 14.3. The molecule has 0 bridgehead atoms. The Hall–Kier alpha value is -7.23. The highest BCUT2D eigenvalue weighted by Crippen LogP contribution is 2.53. The van der Waals surface area contributed by atoms with Crippen molar-refractivity contribution in [3.05, 3.63) is 204 Å². The van der Waals surface area contributed by atoms with E-state index < -0.39 is 0 Å². The minimum Gasteiger partial charge on any atom is -0.456 e. The summed E-state index contributed by atoms with van der Waals surface area (Å²) in [5, 5.41) is 0. The highest BCUT2D eigenvalue weighted by atomic mass is 16.5. The Kier molecular flexibility index (Phi) is 7.52. The van der Waals surface area contributed by atoms with Crippen molar-refractivity contribution in [2.24, 2.45) is 0 Å². The average Bonchev–Trinajstić information content (AvgIpc) is 3.74. The molecule has 0 fully saturated rings. The van der Waals surface area contributed by atoms with Gasteiger partial charge in [-0.05, 0) is 104 Å². The van der Waals surface area contributed by atoms with Crippen molar-refractivity contribution in [3.63, 3.8) is 0 Å². The molecule has 0 unspecified atom stereocenters. The molecule has 0 amide bonds. The van der Waals surface area contributed by atoms with E-state index in [1.54, 1.807) is 0 Å². The van der Waals surface area contributed by atoms with Crippen LogP contribution in [0.15, 0.2) is 182 Å². The molecule has 2 heterocycles. The Morgan fingerprint density at radius 1 is 0.439 bits per heavy atom. The van der Waals surface area contributed by atoms with E-state index in [1.165, 1.54) is 22.3 Å². The molecule has 8 aromatic carbocycles. The zero-order valence-corrected chi connectivity index (χ0v) is 31.8. The number of para-hydroxylation sites is 2. The third-order valence-electron chi connectivity index (χ3n) is 11.9. The van der Waals surface area contributed by atoms with Gasteiger partial charge in [-0.3, -0.25) is 4.57 Å². The number of fused-ring (bicyclic) bond motifs is 10. The molecule has 2 aliphatic rings. The van der Waals surface area contributed by atoms with Gasteiger partial charge in [-0.15, -0.1) is 0 Å². The molecule has 3 nitrogen and oxygen atoms in total. The minimum atomic E-state index is -0.176. The lowest BCUT2D eigenvalue weighted by Crippen LogP contribution is -2.15. The summed E-state index contributed by atoms with van der Waals surface area (Å²) in [6.45, 7) is 4.65. The number of hydrogen-bond donors (Lipinski definition) is 0. The number of rotatable bonds is 3. The molecule has 0 atom stereocenters. The smallest absolute Gasteiger partial charge is 0.145 e. The summed E-state index contributed by atoms with van der Waals surface area (Å²) >= 11 is 0. The van der Waals surface area contributed by atoms with E-state index >= 15 is 0 Å². The zero-order valence-electron chi connectivity index (χ0n) is 31.8. The van der Waals surface area contributed by atoms with E-state index in [1.807, 2.05) is 6.07 Å². The molecule has 1 aliphatic carbocycles. The standard InChI is InChI=1S/C54H38N2O/c1-54(2)47-23-13-11-21-42(47)45-33-46-44-31-38(39-29-30-50-49(32-39)55-53(37-16-5-3-6-17-37)56(50)40-18-7-4-8-19-40)28-27-36(44)26-25-35-15-9-10-20-41(35)43-22-12-14-24-51(43)57-52(46)34-48(45)54/h3-34H,1-2H3/b26-25-. The van der Waals surface area contributed by atoms with Gasteiger partial charge in [0.2, 0.25) is 0 Å². The van der Waals surface area contributed by atoms with Crippen molar-refractivity contribution < 1.29 is 4.74 Å². The van der Waals surface area contributed by atoms with Crippen molar-refractivity contribution in [1.29, 1.82) is 0 Å². The van der Waals surface area contributed by atoms with Gasteiger partial charge in [0.1, 0.15) is 17.3 Å². The molecule has 270 valence electrons.